The number of ether oxygens (including phenoxy) is 1. The highest BCUT2D eigenvalue weighted by Gasteiger charge is 2.37. The van der Waals surface area contributed by atoms with Crippen molar-refractivity contribution < 1.29 is 19.1 Å². The van der Waals surface area contributed by atoms with Gasteiger partial charge in [-0.2, -0.15) is 0 Å². The van der Waals surface area contributed by atoms with Gasteiger partial charge in [0.05, 0.1) is 0 Å². The summed E-state index contributed by atoms with van der Waals surface area (Å²) in [5.74, 6) is -0.600. The molecule has 0 aliphatic rings. The van der Waals surface area contributed by atoms with E-state index in [9.17, 15) is 14.4 Å². The molecule has 0 saturated heterocycles. The van der Waals surface area contributed by atoms with Gasteiger partial charge in [-0.05, 0) is 60.5 Å². The smallest absolute Gasteiger partial charge is 0.408 e. The van der Waals surface area contributed by atoms with Crippen LogP contribution < -0.4 is 10.6 Å². The van der Waals surface area contributed by atoms with Gasteiger partial charge in [0.2, 0.25) is 11.8 Å². The van der Waals surface area contributed by atoms with Crippen molar-refractivity contribution in [1.82, 2.24) is 15.5 Å². The fourth-order valence-electron chi connectivity index (χ4n) is 3.00. The van der Waals surface area contributed by atoms with Crippen molar-refractivity contribution >= 4 is 17.9 Å². The van der Waals surface area contributed by atoms with E-state index in [1.807, 2.05) is 58.0 Å². The van der Waals surface area contributed by atoms with Crippen LogP contribution in [0.1, 0.15) is 73.4 Å². The van der Waals surface area contributed by atoms with Gasteiger partial charge >= 0.3 is 6.09 Å². The highest BCUT2D eigenvalue weighted by Crippen LogP contribution is 2.26. The quantitative estimate of drug-likeness (QED) is 0.671. The minimum absolute atomic E-state index is 0.0742. The summed E-state index contributed by atoms with van der Waals surface area (Å²) in [4.78, 5) is 40.3. The molecule has 1 aromatic carbocycles. The Hall–Kier alpha value is -2.57. The Morgan fingerprint density at radius 2 is 1.57 bits per heavy atom. The van der Waals surface area contributed by atoms with Crippen LogP contribution in [0.15, 0.2) is 30.3 Å². The molecule has 7 heteroatoms. The van der Waals surface area contributed by atoms with Crippen LogP contribution in [0.4, 0.5) is 4.79 Å². The molecule has 1 aromatic rings. The van der Waals surface area contributed by atoms with Crippen molar-refractivity contribution in [3.63, 3.8) is 0 Å². The van der Waals surface area contributed by atoms with Crippen molar-refractivity contribution in [2.45, 2.75) is 91.6 Å². The van der Waals surface area contributed by atoms with Crippen LogP contribution in [0.25, 0.3) is 0 Å². The largest absolute Gasteiger partial charge is 0.444 e. The first-order valence-corrected chi connectivity index (χ1v) is 10.5. The van der Waals surface area contributed by atoms with Crippen LogP contribution >= 0.6 is 0 Å². The minimum atomic E-state index is -0.855. The lowest BCUT2D eigenvalue weighted by Gasteiger charge is -2.38. The molecule has 168 valence electrons. The molecule has 0 radical (unpaired) electrons. The third-order valence-corrected chi connectivity index (χ3v) is 4.50. The third kappa shape index (κ3) is 7.69. The van der Waals surface area contributed by atoms with Gasteiger partial charge in [-0.15, -0.1) is 0 Å². The average molecular weight is 420 g/mol. The second-order valence-electron chi connectivity index (χ2n) is 8.85. The molecule has 0 aliphatic carbocycles. The van der Waals surface area contributed by atoms with E-state index in [1.165, 1.54) is 0 Å². The van der Waals surface area contributed by atoms with Gasteiger partial charge in [-0.25, -0.2) is 4.79 Å². The summed E-state index contributed by atoms with van der Waals surface area (Å²) < 4.78 is 5.27. The number of rotatable bonds is 8. The fraction of sp³-hybridized carbons (Fsp3) is 0.609. The SMILES string of the molecule is CCC(C)N(C(=O)C(C)NC(=O)OC(C)(C)C)C(C(=O)NC(C)C)c1ccccc1. The maximum Gasteiger partial charge on any atom is 0.408 e. The summed E-state index contributed by atoms with van der Waals surface area (Å²) in [5.41, 5.74) is 0.0428. The number of hydrogen-bond acceptors (Lipinski definition) is 4. The molecule has 0 fully saturated rings. The summed E-state index contributed by atoms with van der Waals surface area (Å²) >= 11 is 0. The van der Waals surface area contributed by atoms with Crippen molar-refractivity contribution in [2.24, 2.45) is 0 Å². The molecule has 7 nitrogen and oxygen atoms in total. The molecule has 2 N–H and O–H groups in total. The van der Waals surface area contributed by atoms with Gasteiger partial charge in [0.25, 0.3) is 0 Å². The van der Waals surface area contributed by atoms with E-state index in [-0.39, 0.29) is 23.9 Å². The number of benzene rings is 1. The molecule has 3 atom stereocenters. The van der Waals surface area contributed by atoms with Gasteiger partial charge in [0.1, 0.15) is 17.7 Å². The van der Waals surface area contributed by atoms with E-state index in [2.05, 4.69) is 10.6 Å². The first-order valence-electron chi connectivity index (χ1n) is 10.5. The van der Waals surface area contributed by atoms with Gasteiger partial charge in [-0.3, -0.25) is 9.59 Å². The zero-order valence-electron chi connectivity index (χ0n) is 19.5. The molecule has 0 aromatic heterocycles. The van der Waals surface area contributed by atoms with Gasteiger partial charge < -0.3 is 20.3 Å². The number of alkyl carbamates (subject to hydrolysis) is 1. The Morgan fingerprint density at radius 1 is 1.00 bits per heavy atom. The summed E-state index contributed by atoms with van der Waals surface area (Å²) in [6.07, 6.45) is -0.0150. The second kappa shape index (κ2) is 11.0. The lowest BCUT2D eigenvalue weighted by molar-refractivity contribution is -0.145. The number of nitrogens with zero attached hydrogens (tertiary/aromatic N) is 1. The summed E-state index contributed by atoms with van der Waals surface area (Å²) in [6, 6.07) is 7.25. The van der Waals surface area contributed by atoms with Crippen molar-refractivity contribution in [3.8, 4) is 0 Å². The van der Waals surface area contributed by atoms with E-state index in [4.69, 9.17) is 4.74 Å². The highest BCUT2D eigenvalue weighted by atomic mass is 16.6. The maximum atomic E-state index is 13.4. The van der Waals surface area contributed by atoms with Crippen molar-refractivity contribution in [2.75, 3.05) is 0 Å². The molecule has 1 rings (SSSR count). The number of nitrogens with one attached hydrogen (secondary N) is 2. The first-order chi connectivity index (χ1) is 13.9. The summed E-state index contributed by atoms with van der Waals surface area (Å²) in [6.45, 7) is 14.5. The molecule has 3 unspecified atom stereocenters. The Bertz CT molecular complexity index is 713. The zero-order valence-corrected chi connectivity index (χ0v) is 19.5. The normalized spacial score (nSPS) is 14.4. The van der Waals surface area contributed by atoms with Crippen molar-refractivity contribution in [3.05, 3.63) is 35.9 Å². The number of carbonyl (C=O) groups excluding carboxylic acids is 3. The van der Waals surface area contributed by atoms with Gasteiger partial charge in [0, 0.05) is 12.1 Å². The van der Waals surface area contributed by atoms with Crippen LogP contribution in [-0.2, 0) is 14.3 Å². The summed E-state index contributed by atoms with van der Waals surface area (Å²) in [5, 5.41) is 5.52. The topological polar surface area (TPSA) is 87.7 Å². The van der Waals surface area contributed by atoms with Gasteiger partial charge in [-0.1, -0.05) is 37.3 Å². The second-order valence-corrected chi connectivity index (χ2v) is 8.85. The molecular formula is C23H37N3O4. The molecule has 30 heavy (non-hydrogen) atoms. The van der Waals surface area contributed by atoms with E-state index in [0.717, 1.165) is 0 Å². The van der Waals surface area contributed by atoms with Crippen LogP contribution in [0.2, 0.25) is 0 Å². The minimum Gasteiger partial charge on any atom is -0.444 e. The monoisotopic (exact) mass is 419 g/mol. The van der Waals surface area contributed by atoms with Gasteiger partial charge in [0.15, 0.2) is 0 Å². The first kappa shape index (κ1) is 25.5. The Morgan fingerprint density at radius 3 is 2.03 bits per heavy atom. The number of hydrogen-bond donors (Lipinski definition) is 2. The van der Waals surface area contributed by atoms with Crippen LogP contribution in [0.3, 0.4) is 0 Å². The molecule has 3 amide bonds. The Labute approximate surface area is 180 Å². The molecule has 0 bridgehead atoms. The third-order valence-electron chi connectivity index (χ3n) is 4.50. The lowest BCUT2D eigenvalue weighted by atomic mass is 10.00. The zero-order chi connectivity index (χ0) is 23.1. The Balaban J connectivity index is 3.25. The van der Waals surface area contributed by atoms with Crippen LogP contribution in [-0.4, -0.2) is 46.5 Å². The molecule has 0 spiro atoms. The standard InChI is InChI=1S/C23H37N3O4/c1-9-16(4)26(21(28)17(5)25-22(29)30-23(6,7)8)19(20(27)24-15(2)3)18-13-11-10-12-14-18/h10-17,19H,9H2,1-8H3,(H,24,27)(H,25,29). The predicted octanol–water partition coefficient (Wildman–Crippen LogP) is 3.79. The highest BCUT2D eigenvalue weighted by molar-refractivity contribution is 5.92. The average Bonchev–Trinajstić information content (AvgIpc) is 2.63. The number of amides is 3. The van der Waals surface area contributed by atoms with E-state index in [0.29, 0.717) is 12.0 Å². The predicted molar refractivity (Wildman–Crippen MR) is 118 cm³/mol. The van der Waals surface area contributed by atoms with E-state index < -0.39 is 23.8 Å². The van der Waals surface area contributed by atoms with E-state index >= 15 is 0 Å². The van der Waals surface area contributed by atoms with E-state index in [1.54, 1.807) is 32.6 Å². The summed E-state index contributed by atoms with van der Waals surface area (Å²) in [7, 11) is 0. The lowest BCUT2D eigenvalue weighted by Crippen LogP contribution is -2.55. The molecular weight excluding hydrogens is 382 g/mol. The van der Waals surface area contributed by atoms with Crippen LogP contribution in [0, 0.1) is 0 Å². The molecule has 0 heterocycles. The molecule has 0 saturated carbocycles. The fourth-order valence-corrected chi connectivity index (χ4v) is 3.00. The van der Waals surface area contributed by atoms with Crippen molar-refractivity contribution in [1.29, 1.82) is 0 Å². The molecule has 0 aliphatic heterocycles. The maximum absolute atomic E-state index is 13.4. The number of carbonyl (C=O) groups is 3. The van der Waals surface area contributed by atoms with Crippen LogP contribution in [0.5, 0.6) is 0 Å². The Kier molecular flexibility index (Phi) is 9.33.